The number of hydrogen-bond acceptors (Lipinski definition) is 2. The minimum atomic E-state index is -0.380. The molecular formula is C16H21ClN2O2. The number of amides is 2. The van der Waals surface area contributed by atoms with Gasteiger partial charge in [-0.1, -0.05) is 44.5 Å². The van der Waals surface area contributed by atoms with Crippen LogP contribution >= 0.6 is 11.6 Å². The van der Waals surface area contributed by atoms with Crippen LogP contribution in [0.1, 0.15) is 31.1 Å². The topological polar surface area (TPSA) is 40.6 Å². The van der Waals surface area contributed by atoms with Gasteiger partial charge in [-0.25, -0.2) is 0 Å². The first kappa shape index (κ1) is 15.8. The molecule has 0 bridgehead atoms. The Morgan fingerprint density at radius 1 is 1.00 bits per heavy atom. The lowest BCUT2D eigenvalue weighted by atomic mass is 9.94. The number of halogens is 1. The molecule has 0 atom stereocenters. The first-order valence-electron chi connectivity index (χ1n) is 7.14. The molecule has 0 N–H and O–H groups in total. The number of rotatable bonds is 1. The molecule has 1 saturated heterocycles. The van der Waals surface area contributed by atoms with Gasteiger partial charge in [-0.05, 0) is 12.1 Å². The maximum absolute atomic E-state index is 12.4. The van der Waals surface area contributed by atoms with Crippen molar-refractivity contribution in [1.29, 1.82) is 0 Å². The van der Waals surface area contributed by atoms with Gasteiger partial charge in [0.05, 0.1) is 10.6 Å². The van der Waals surface area contributed by atoms with Crippen LogP contribution in [0.15, 0.2) is 24.3 Å². The van der Waals surface area contributed by atoms with Gasteiger partial charge in [0.15, 0.2) is 0 Å². The number of benzene rings is 1. The van der Waals surface area contributed by atoms with Crippen LogP contribution < -0.4 is 0 Å². The van der Waals surface area contributed by atoms with E-state index in [4.69, 9.17) is 11.6 Å². The third-order valence-electron chi connectivity index (χ3n) is 3.60. The maximum atomic E-state index is 12.4. The molecule has 1 aromatic carbocycles. The second kappa shape index (κ2) is 6.06. The average molecular weight is 309 g/mol. The highest BCUT2D eigenvalue weighted by Crippen LogP contribution is 2.21. The molecule has 1 fully saturated rings. The van der Waals surface area contributed by atoms with E-state index in [0.29, 0.717) is 36.8 Å². The molecule has 0 aliphatic carbocycles. The third kappa shape index (κ3) is 3.56. The molecule has 0 radical (unpaired) electrons. The van der Waals surface area contributed by atoms with Crippen molar-refractivity contribution in [3.8, 4) is 0 Å². The van der Waals surface area contributed by atoms with Gasteiger partial charge in [0.2, 0.25) is 5.91 Å². The lowest BCUT2D eigenvalue weighted by molar-refractivity contribution is -0.140. The Kier molecular flexibility index (Phi) is 4.57. The average Bonchev–Trinajstić information content (AvgIpc) is 2.45. The SMILES string of the molecule is CC(C)(C)C(=O)N1CCN(C(=O)c2ccccc2Cl)CC1. The molecule has 2 amide bonds. The van der Waals surface area contributed by atoms with Crippen molar-refractivity contribution >= 4 is 23.4 Å². The van der Waals surface area contributed by atoms with Gasteiger partial charge in [-0.3, -0.25) is 9.59 Å². The van der Waals surface area contributed by atoms with Crippen LogP contribution in [0.2, 0.25) is 5.02 Å². The fourth-order valence-corrected chi connectivity index (χ4v) is 2.61. The molecule has 2 rings (SSSR count). The monoisotopic (exact) mass is 308 g/mol. The molecule has 1 aromatic rings. The van der Waals surface area contributed by atoms with E-state index in [2.05, 4.69) is 0 Å². The van der Waals surface area contributed by atoms with Crippen LogP contribution in [0.25, 0.3) is 0 Å². The highest BCUT2D eigenvalue weighted by molar-refractivity contribution is 6.33. The summed E-state index contributed by atoms with van der Waals surface area (Å²) in [6.45, 7) is 7.99. The zero-order valence-corrected chi connectivity index (χ0v) is 13.5. The van der Waals surface area contributed by atoms with Gasteiger partial charge in [0.1, 0.15) is 0 Å². The molecule has 4 nitrogen and oxygen atoms in total. The number of piperazine rings is 1. The minimum Gasteiger partial charge on any atom is -0.339 e. The summed E-state index contributed by atoms with van der Waals surface area (Å²) in [7, 11) is 0. The number of hydrogen-bond donors (Lipinski definition) is 0. The Balaban J connectivity index is 2.00. The molecule has 0 spiro atoms. The van der Waals surface area contributed by atoms with Crippen molar-refractivity contribution in [1.82, 2.24) is 9.80 Å². The molecular weight excluding hydrogens is 288 g/mol. The van der Waals surface area contributed by atoms with Crippen molar-refractivity contribution in [2.45, 2.75) is 20.8 Å². The summed E-state index contributed by atoms with van der Waals surface area (Å²) in [6.07, 6.45) is 0. The Bertz CT molecular complexity index is 543. The van der Waals surface area contributed by atoms with E-state index in [1.807, 2.05) is 25.7 Å². The Morgan fingerprint density at radius 2 is 1.52 bits per heavy atom. The van der Waals surface area contributed by atoms with Crippen LogP contribution in [0, 0.1) is 5.41 Å². The Hall–Kier alpha value is -1.55. The van der Waals surface area contributed by atoms with Crippen molar-refractivity contribution in [3.63, 3.8) is 0 Å². The van der Waals surface area contributed by atoms with Crippen LogP contribution in [0.3, 0.4) is 0 Å². The van der Waals surface area contributed by atoms with Crippen molar-refractivity contribution in [2.75, 3.05) is 26.2 Å². The first-order valence-corrected chi connectivity index (χ1v) is 7.51. The molecule has 1 aliphatic heterocycles. The lowest BCUT2D eigenvalue weighted by Gasteiger charge is -2.37. The van der Waals surface area contributed by atoms with Crippen LogP contribution in [-0.2, 0) is 4.79 Å². The number of carbonyl (C=O) groups is 2. The summed E-state index contributed by atoms with van der Waals surface area (Å²) in [5, 5.41) is 0.468. The van der Waals surface area contributed by atoms with E-state index in [9.17, 15) is 9.59 Å². The molecule has 0 unspecified atom stereocenters. The number of carbonyl (C=O) groups excluding carboxylic acids is 2. The van der Waals surface area contributed by atoms with E-state index in [-0.39, 0.29) is 17.2 Å². The largest absolute Gasteiger partial charge is 0.339 e. The van der Waals surface area contributed by atoms with Gasteiger partial charge < -0.3 is 9.80 Å². The van der Waals surface area contributed by atoms with Gasteiger partial charge in [0.25, 0.3) is 5.91 Å². The van der Waals surface area contributed by atoms with Crippen LogP contribution in [0.4, 0.5) is 0 Å². The van der Waals surface area contributed by atoms with Crippen molar-refractivity contribution in [3.05, 3.63) is 34.9 Å². The zero-order chi connectivity index (χ0) is 15.6. The van der Waals surface area contributed by atoms with Gasteiger partial charge >= 0.3 is 0 Å². The quantitative estimate of drug-likeness (QED) is 0.800. The van der Waals surface area contributed by atoms with Gasteiger partial charge in [0, 0.05) is 31.6 Å². The highest BCUT2D eigenvalue weighted by atomic mass is 35.5. The molecule has 5 heteroatoms. The predicted molar refractivity (Wildman–Crippen MR) is 83.4 cm³/mol. The van der Waals surface area contributed by atoms with Gasteiger partial charge in [-0.2, -0.15) is 0 Å². The Labute approximate surface area is 130 Å². The van der Waals surface area contributed by atoms with E-state index in [1.54, 1.807) is 29.2 Å². The minimum absolute atomic E-state index is 0.0662. The van der Waals surface area contributed by atoms with Crippen LogP contribution in [-0.4, -0.2) is 47.8 Å². The van der Waals surface area contributed by atoms with E-state index in [0.717, 1.165) is 0 Å². The van der Waals surface area contributed by atoms with E-state index >= 15 is 0 Å². The zero-order valence-electron chi connectivity index (χ0n) is 12.7. The Morgan fingerprint density at radius 3 is 2.05 bits per heavy atom. The standard InChI is InChI=1S/C16H21ClN2O2/c1-16(2,3)15(21)19-10-8-18(9-11-19)14(20)12-6-4-5-7-13(12)17/h4-7H,8-11H2,1-3H3. The highest BCUT2D eigenvalue weighted by Gasteiger charge is 2.31. The second-order valence-electron chi connectivity index (χ2n) is 6.31. The van der Waals surface area contributed by atoms with Crippen LogP contribution in [0.5, 0.6) is 0 Å². The van der Waals surface area contributed by atoms with Crippen molar-refractivity contribution < 1.29 is 9.59 Å². The summed E-state index contributed by atoms with van der Waals surface area (Å²) in [6, 6.07) is 7.06. The van der Waals surface area contributed by atoms with Gasteiger partial charge in [-0.15, -0.1) is 0 Å². The summed E-state index contributed by atoms with van der Waals surface area (Å²) in [5.74, 6) is 0.0656. The smallest absolute Gasteiger partial charge is 0.255 e. The fraction of sp³-hybridized carbons (Fsp3) is 0.500. The molecule has 1 aliphatic rings. The van der Waals surface area contributed by atoms with Crippen molar-refractivity contribution in [2.24, 2.45) is 5.41 Å². The molecule has 0 aromatic heterocycles. The predicted octanol–water partition coefficient (Wildman–Crippen LogP) is 2.67. The lowest BCUT2D eigenvalue weighted by Crippen LogP contribution is -2.53. The fourth-order valence-electron chi connectivity index (χ4n) is 2.39. The third-order valence-corrected chi connectivity index (χ3v) is 3.93. The maximum Gasteiger partial charge on any atom is 0.255 e. The first-order chi connectivity index (χ1) is 9.80. The summed E-state index contributed by atoms with van der Waals surface area (Å²) >= 11 is 6.07. The summed E-state index contributed by atoms with van der Waals surface area (Å²) in [4.78, 5) is 28.2. The summed E-state index contributed by atoms with van der Waals surface area (Å²) < 4.78 is 0. The summed E-state index contributed by atoms with van der Waals surface area (Å²) in [5.41, 5.74) is 0.143. The van der Waals surface area contributed by atoms with E-state index in [1.165, 1.54) is 0 Å². The molecule has 1 heterocycles. The second-order valence-corrected chi connectivity index (χ2v) is 6.72. The van der Waals surface area contributed by atoms with E-state index < -0.39 is 0 Å². The molecule has 21 heavy (non-hydrogen) atoms. The normalized spacial score (nSPS) is 16.0. The number of nitrogens with zero attached hydrogens (tertiary/aromatic N) is 2. The molecule has 0 saturated carbocycles. The molecule has 114 valence electrons.